The van der Waals surface area contributed by atoms with Crippen molar-refractivity contribution in [3.63, 3.8) is 0 Å². The van der Waals surface area contributed by atoms with Crippen LogP contribution >= 0.6 is 0 Å². The fraction of sp³-hybridized carbons (Fsp3) is 0.308. The third kappa shape index (κ3) is 4.38. The minimum atomic E-state index is -0.778. The van der Waals surface area contributed by atoms with Crippen LogP contribution in [0.3, 0.4) is 0 Å². The summed E-state index contributed by atoms with van der Waals surface area (Å²) >= 11 is 0. The van der Waals surface area contributed by atoms with Crippen LogP contribution in [-0.2, 0) is 6.54 Å². The number of hydrogen-bond donors (Lipinski definition) is 3. The Bertz CT molecular complexity index is 385. The predicted molar refractivity (Wildman–Crippen MR) is 70.6 cm³/mol. The Morgan fingerprint density at radius 1 is 1.41 bits per heavy atom. The maximum absolute atomic E-state index is 9.72. The fourth-order valence-corrected chi connectivity index (χ4v) is 1.36. The molecule has 4 heteroatoms. The highest BCUT2D eigenvalue weighted by molar-refractivity contribution is 5.79. The molecule has 0 radical (unpaired) electrons. The fourth-order valence-electron chi connectivity index (χ4n) is 1.36. The number of nitrogens with two attached hydrogens (primary N) is 2. The molecule has 4 nitrogen and oxygen atoms in total. The van der Waals surface area contributed by atoms with Crippen LogP contribution in [0.1, 0.15) is 12.5 Å². The monoisotopic (exact) mass is 233 g/mol. The van der Waals surface area contributed by atoms with Gasteiger partial charge in [0.05, 0.1) is 12.6 Å². The quantitative estimate of drug-likeness (QED) is 0.658. The average Bonchev–Trinajstić information content (AvgIpc) is 2.35. The molecule has 92 valence electrons. The molecule has 1 aromatic carbocycles. The van der Waals surface area contributed by atoms with Crippen LogP contribution in [0.5, 0.6) is 0 Å². The number of nitrogens with zero attached hydrogens (tertiary/aromatic N) is 1. The molecule has 0 aromatic heterocycles. The topological polar surface area (TPSA) is 84.6 Å². The van der Waals surface area contributed by atoms with Gasteiger partial charge in [-0.1, -0.05) is 30.3 Å². The number of hydrogen-bond acceptors (Lipinski definition) is 4. The first kappa shape index (κ1) is 13.4. The van der Waals surface area contributed by atoms with Gasteiger partial charge in [-0.2, -0.15) is 0 Å². The van der Waals surface area contributed by atoms with Gasteiger partial charge in [-0.3, -0.25) is 4.99 Å². The Kier molecular flexibility index (Phi) is 5.39. The summed E-state index contributed by atoms with van der Waals surface area (Å²) in [6.07, 6.45) is 2.13. The van der Waals surface area contributed by atoms with E-state index in [1.54, 1.807) is 13.1 Å². The van der Waals surface area contributed by atoms with Gasteiger partial charge in [0.25, 0.3) is 0 Å². The van der Waals surface area contributed by atoms with Gasteiger partial charge in [0.15, 0.2) is 0 Å². The molecule has 0 heterocycles. The first-order chi connectivity index (χ1) is 8.15. The summed E-state index contributed by atoms with van der Waals surface area (Å²) in [6, 6.07) is 9.49. The molecule has 2 atom stereocenters. The van der Waals surface area contributed by atoms with Crippen molar-refractivity contribution in [3.05, 3.63) is 47.7 Å². The lowest BCUT2D eigenvalue weighted by atomic mass is 10.1. The zero-order valence-electron chi connectivity index (χ0n) is 9.95. The van der Waals surface area contributed by atoms with E-state index in [2.05, 4.69) is 4.99 Å². The Labute approximate surface area is 102 Å². The smallest absolute Gasteiger partial charge is 0.0966 e. The summed E-state index contributed by atoms with van der Waals surface area (Å²) in [4.78, 5) is 4.23. The second kappa shape index (κ2) is 6.83. The maximum Gasteiger partial charge on any atom is 0.0966 e. The van der Waals surface area contributed by atoms with E-state index in [1.807, 2.05) is 30.3 Å². The Balaban J connectivity index is 2.58. The van der Waals surface area contributed by atoms with E-state index in [1.165, 1.54) is 6.20 Å². The Morgan fingerprint density at radius 2 is 2.06 bits per heavy atom. The molecule has 5 N–H and O–H groups in total. The molecule has 1 aromatic rings. The lowest BCUT2D eigenvalue weighted by Gasteiger charge is -2.14. The van der Waals surface area contributed by atoms with Crippen molar-refractivity contribution >= 4 is 6.21 Å². The highest BCUT2D eigenvalue weighted by Gasteiger charge is 2.12. The van der Waals surface area contributed by atoms with Crippen LogP contribution in [0.25, 0.3) is 0 Å². The lowest BCUT2D eigenvalue weighted by Crippen LogP contribution is -2.33. The highest BCUT2D eigenvalue weighted by atomic mass is 16.3. The van der Waals surface area contributed by atoms with Crippen molar-refractivity contribution in [2.24, 2.45) is 16.5 Å². The molecule has 0 aliphatic rings. The number of aliphatic hydroxyl groups is 1. The summed E-state index contributed by atoms with van der Waals surface area (Å²) in [5, 5.41) is 9.72. The predicted octanol–water partition coefficient (Wildman–Crippen LogP) is 0.808. The van der Waals surface area contributed by atoms with Crippen LogP contribution in [0.15, 0.2) is 47.1 Å². The van der Waals surface area contributed by atoms with E-state index in [0.29, 0.717) is 12.1 Å². The first-order valence-corrected chi connectivity index (χ1v) is 5.54. The first-order valence-electron chi connectivity index (χ1n) is 5.54. The number of benzene rings is 1. The summed E-state index contributed by atoms with van der Waals surface area (Å²) < 4.78 is 0. The third-order valence-corrected chi connectivity index (χ3v) is 2.39. The van der Waals surface area contributed by atoms with Crippen molar-refractivity contribution in [2.75, 3.05) is 0 Å². The van der Waals surface area contributed by atoms with Crippen molar-refractivity contribution in [2.45, 2.75) is 25.6 Å². The number of aliphatic hydroxyl groups excluding tert-OH is 1. The summed E-state index contributed by atoms with van der Waals surface area (Å²) in [5.41, 5.74) is 12.7. The van der Waals surface area contributed by atoms with Crippen LogP contribution in [0.2, 0.25) is 0 Å². The van der Waals surface area contributed by atoms with Crippen molar-refractivity contribution in [1.29, 1.82) is 0 Å². The third-order valence-electron chi connectivity index (χ3n) is 2.39. The molecule has 0 bridgehead atoms. The minimum absolute atomic E-state index is 0.368. The van der Waals surface area contributed by atoms with E-state index >= 15 is 0 Å². The zero-order chi connectivity index (χ0) is 12.7. The molecule has 0 fully saturated rings. The summed E-state index contributed by atoms with van der Waals surface area (Å²) in [6.45, 7) is 2.28. The molecule has 0 aliphatic carbocycles. The molecular weight excluding hydrogens is 214 g/mol. The normalized spacial score (nSPS) is 16.1. The molecule has 1 rings (SSSR count). The van der Waals surface area contributed by atoms with Crippen LogP contribution in [0, 0.1) is 0 Å². The number of aliphatic imine (C=N–C) groups is 1. The van der Waals surface area contributed by atoms with Crippen LogP contribution < -0.4 is 11.5 Å². The molecule has 0 amide bonds. The van der Waals surface area contributed by atoms with Crippen molar-refractivity contribution in [3.8, 4) is 0 Å². The highest BCUT2D eigenvalue weighted by Crippen LogP contribution is 2.04. The van der Waals surface area contributed by atoms with Crippen molar-refractivity contribution in [1.82, 2.24) is 0 Å². The van der Waals surface area contributed by atoms with Gasteiger partial charge in [0.1, 0.15) is 0 Å². The largest absolute Gasteiger partial charge is 0.404 e. The molecule has 17 heavy (non-hydrogen) atoms. The summed E-state index contributed by atoms with van der Waals surface area (Å²) in [5.74, 6) is 0. The molecule has 0 saturated heterocycles. The van der Waals surface area contributed by atoms with E-state index in [-0.39, 0.29) is 6.04 Å². The van der Waals surface area contributed by atoms with Gasteiger partial charge in [0, 0.05) is 24.0 Å². The van der Waals surface area contributed by atoms with Crippen LogP contribution in [0.4, 0.5) is 0 Å². The number of rotatable bonds is 5. The minimum Gasteiger partial charge on any atom is -0.404 e. The maximum atomic E-state index is 9.72. The molecular formula is C13H19N3O. The summed E-state index contributed by atoms with van der Waals surface area (Å²) in [7, 11) is 0. The van der Waals surface area contributed by atoms with Gasteiger partial charge in [-0.15, -0.1) is 0 Å². The molecule has 0 spiro atoms. The lowest BCUT2D eigenvalue weighted by molar-refractivity contribution is 0.192. The van der Waals surface area contributed by atoms with Crippen LogP contribution in [-0.4, -0.2) is 23.5 Å². The van der Waals surface area contributed by atoms with E-state index < -0.39 is 6.10 Å². The van der Waals surface area contributed by atoms with E-state index in [0.717, 1.165) is 5.56 Å². The van der Waals surface area contributed by atoms with Gasteiger partial charge >= 0.3 is 0 Å². The van der Waals surface area contributed by atoms with E-state index in [9.17, 15) is 5.11 Å². The van der Waals surface area contributed by atoms with Gasteiger partial charge in [0.2, 0.25) is 0 Å². The standard InChI is InChI=1S/C13H19N3O/c1-10(15)13(17)12(7-14)9-16-8-11-5-3-2-4-6-11/h2-7,9-10,13,17H,8,14-15H2,1H3. The zero-order valence-corrected chi connectivity index (χ0v) is 9.95. The SMILES string of the molecule is CC(N)C(O)C(C=NCc1ccccc1)=CN. The van der Waals surface area contributed by atoms with Gasteiger partial charge in [-0.05, 0) is 12.5 Å². The molecule has 2 unspecified atom stereocenters. The Morgan fingerprint density at radius 3 is 2.59 bits per heavy atom. The average molecular weight is 233 g/mol. The second-order valence-corrected chi connectivity index (χ2v) is 3.93. The van der Waals surface area contributed by atoms with Gasteiger partial charge in [-0.25, -0.2) is 0 Å². The second-order valence-electron chi connectivity index (χ2n) is 3.93. The van der Waals surface area contributed by atoms with E-state index in [4.69, 9.17) is 11.5 Å². The Hall–Kier alpha value is -1.65. The molecule has 0 aliphatic heterocycles. The van der Waals surface area contributed by atoms with Crippen molar-refractivity contribution < 1.29 is 5.11 Å². The van der Waals surface area contributed by atoms with Gasteiger partial charge < -0.3 is 16.6 Å². The molecule has 0 saturated carbocycles.